The number of aromatic nitrogens is 3. The second kappa shape index (κ2) is 6.48. The molecule has 0 amide bonds. The zero-order valence-electron chi connectivity index (χ0n) is 12.5. The summed E-state index contributed by atoms with van der Waals surface area (Å²) in [5, 5.41) is 6.69. The Balaban J connectivity index is 1.97. The molecule has 0 spiro atoms. The first-order valence-corrected chi connectivity index (χ1v) is 9.95. The van der Waals surface area contributed by atoms with Gasteiger partial charge in [0.25, 0.3) is 0 Å². The van der Waals surface area contributed by atoms with Gasteiger partial charge in [0, 0.05) is 31.3 Å². The number of hydrogen-bond donors (Lipinski definition) is 1. The summed E-state index contributed by atoms with van der Waals surface area (Å²) in [6.45, 7) is 3.30. The predicted octanol–water partition coefficient (Wildman–Crippen LogP) is 2.00. The largest absolute Gasteiger partial charge is 0.381 e. The van der Waals surface area contributed by atoms with Gasteiger partial charge in [-0.05, 0) is 19.8 Å². The van der Waals surface area contributed by atoms with Gasteiger partial charge in [0.2, 0.25) is 10.0 Å². The van der Waals surface area contributed by atoms with E-state index in [0.29, 0.717) is 32.6 Å². The van der Waals surface area contributed by atoms with E-state index in [9.17, 15) is 8.42 Å². The molecule has 0 saturated carbocycles. The number of halogens is 1. The van der Waals surface area contributed by atoms with Gasteiger partial charge in [-0.2, -0.15) is 9.82 Å². The Morgan fingerprint density at radius 3 is 2.78 bits per heavy atom. The molecule has 2 aromatic rings. The zero-order chi connectivity index (χ0) is 16.5. The molecule has 0 radical (unpaired) electrons. The molecule has 0 aromatic carbocycles. The highest BCUT2D eigenvalue weighted by molar-refractivity contribution is 7.89. The lowest BCUT2D eigenvalue weighted by molar-refractivity contribution is 0.0458. The van der Waals surface area contributed by atoms with Gasteiger partial charge in [-0.25, -0.2) is 13.4 Å². The molecule has 0 aliphatic carbocycles. The van der Waals surface area contributed by atoms with Crippen LogP contribution in [0.25, 0.3) is 0 Å². The van der Waals surface area contributed by atoms with Crippen molar-refractivity contribution in [2.45, 2.75) is 36.7 Å². The molecule has 1 aliphatic rings. The first-order valence-electron chi connectivity index (χ1n) is 7.21. The summed E-state index contributed by atoms with van der Waals surface area (Å²) in [6, 6.07) is 0. The molecule has 0 atom stereocenters. The smallest absolute Gasteiger partial charge is 0.246 e. The highest BCUT2D eigenvalue weighted by atomic mass is 35.5. The van der Waals surface area contributed by atoms with Crippen molar-refractivity contribution in [3.63, 3.8) is 0 Å². The van der Waals surface area contributed by atoms with Crippen LogP contribution in [0.15, 0.2) is 22.7 Å². The molecule has 0 unspecified atom stereocenters. The second-order valence-corrected chi connectivity index (χ2v) is 8.16. The van der Waals surface area contributed by atoms with Crippen LogP contribution < -0.4 is 4.72 Å². The van der Waals surface area contributed by atoms with Gasteiger partial charge in [-0.15, -0.1) is 11.3 Å². The molecule has 1 aliphatic heterocycles. The monoisotopic (exact) mass is 376 g/mol. The van der Waals surface area contributed by atoms with Gasteiger partial charge in [-0.3, -0.25) is 4.68 Å². The van der Waals surface area contributed by atoms with Gasteiger partial charge < -0.3 is 4.74 Å². The number of rotatable bonds is 5. The fraction of sp³-hybridized carbons (Fsp3) is 0.538. The predicted molar refractivity (Wildman–Crippen MR) is 87.1 cm³/mol. The van der Waals surface area contributed by atoms with Gasteiger partial charge in [0.15, 0.2) is 0 Å². The number of ether oxygens (including phenoxy) is 1. The van der Waals surface area contributed by atoms with Crippen LogP contribution in [0.5, 0.6) is 0 Å². The summed E-state index contributed by atoms with van der Waals surface area (Å²) in [4.78, 5) is 4.31. The molecule has 2 aromatic heterocycles. The number of sulfonamides is 1. The van der Waals surface area contributed by atoms with Crippen LogP contribution in [0.3, 0.4) is 0 Å². The van der Waals surface area contributed by atoms with Crippen LogP contribution in [-0.2, 0) is 26.8 Å². The van der Waals surface area contributed by atoms with Crippen molar-refractivity contribution in [2.75, 3.05) is 13.2 Å². The molecule has 1 N–H and O–H groups in total. The Morgan fingerprint density at radius 1 is 1.48 bits per heavy atom. The standard InChI is InChI=1S/C13H17ClN4O3S2/c1-2-18-11(14)10(9-16-18)23(19,20)17-13(3-6-21-7-4-13)12-15-5-8-22-12/h5,8-9,17H,2-4,6-7H2,1H3. The summed E-state index contributed by atoms with van der Waals surface area (Å²) in [5.74, 6) is 0. The molecule has 1 fully saturated rings. The Labute approximate surface area is 143 Å². The van der Waals surface area contributed by atoms with E-state index >= 15 is 0 Å². The third kappa shape index (κ3) is 3.16. The van der Waals surface area contributed by atoms with Crippen LogP contribution in [0.4, 0.5) is 0 Å². The van der Waals surface area contributed by atoms with E-state index in [1.807, 2.05) is 12.3 Å². The minimum atomic E-state index is -3.82. The van der Waals surface area contributed by atoms with E-state index < -0.39 is 15.6 Å². The normalized spacial score (nSPS) is 18.2. The Kier molecular flexibility index (Phi) is 4.75. The maximum Gasteiger partial charge on any atom is 0.246 e. The minimum Gasteiger partial charge on any atom is -0.381 e. The topological polar surface area (TPSA) is 86.1 Å². The quantitative estimate of drug-likeness (QED) is 0.862. The van der Waals surface area contributed by atoms with Crippen molar-refractivity contribution in [1.29, 1.82) is 0 Å². The number of thiazole rings is 1. The summed E-state index contributed by atoms with van der Waals surface area (Å²) < 4.78 is 35.3. The SMILES string of the molecule is CCn1ncc(S(=O)(=O)NC2(c3nccs3)CCOCC2)c1Cl. The van der Waals surface area contributed by atoms with Gasteiger partial charge >= 0.3 is 0 Å². The van der Waals surface area contributed by atoms with Crippen molar-refractivity contribution < 1.29 is 13.2 Å². The van der Waals surface area contributed by atoms with Crippen molar-refractivity contribution in [3.05, 3.63) is 27.9 Å². The third-order valence-electron chi connectivity index (χ3n) is 3.85. The van der Waals surface area contributed by atoms with Crippen molar-refractivity contribution in [3.8, 4) is 0 Å². The number of nitrogens with zero attached hydrogens (tertiary/aromatic N) is 3. The van der Waals surface area contributed by atoms with Gasteiger partial charge in [-0.1, -0.05) is 11.6 Å². The third-order valence-corrected chi connectivity index (χ3v) is 6.88. The van der Waals surface area contributed by atoms with E-state index in [-0.39, 0.29) is 10.0 Å². The molecule has 1 saturated heterocycles. The fourth-order valence-electron chi connectivity index (χ4n) is 2.61. The van der Waals surface area contributed by atoms with E-state index in [1.165, 1.54) is 22.2 Å². The summed E-state index contributed by atoms with van der Waals surface area (Å²) in [5.41, 5.74) is -0.761. The number of hydrogen-bond acceptors (Lipinski definition) is 6. The highest BCUT2D eigenvalue weighted by Crippen LogP contribution is 2.35. The lowest BCUT2D eigenvalue weighted by Gasteiger charge is -2.35. The van der Waals surface area contributed by atoms with E-state index in [2.05, 4.69) is 14.8 Å². The van der Waals surface area contributed by atoms with Crippen LogP contribution in [0, 0.1) is 0 Å². The molecule has 10 heteroatoms. The zero-order valence-corrected chi connectivity index (χ0v) is 14.9. The first-order chi connectivity index (χ1) is 11.0. The molecule has 3 heterocycles. The maximum atomic E-state index is 12.8. The van der Waals surface area contributed by atoms with Crippen LogP contribution in [-0.4, -0.2) is 36.4 Å². The summed E-state index contributed by atoms with van der Waals surface area (Å²) in [7, 11) is -3.82. The Bertz CT molecular complexity index is 767. The molecule has 0 bridgehead atoms. The van der Waals surface area contributed by atoms with E-state index in [0.717, 1.165) is 5.01 Å². The van der Waals surface area contributed by atoms with Crippen molar-refractivity contribution >= 4 is 33.0 Å². The maximum absolute atomic E-state index is 12.8. The minimum absolute atomic E-state index is 0.0107. The summed E-state index contributed by atoms with van der Waals surface area (Å²) in [6.07, 6.45) is 4.01. The summed E-state index contributed by atoms with van der Waals surface area (Å²) >= 11 is 7.57. The molecule has 23 heavy (non-hydrogen) atoms. The van der Waals surface area contributed by atoms with Gasteiger partial charge in [0.05, 0.1) is 11.7 Å². The van der Waals surface area contributed by atoms with E-state index in [1.54, 1.807) is 6.20 Å². The molecule has 3 rings (SSSR count). The van der Waals surface area contributed by atoms with Crippen LogP contribution in [0.2, 0.25) is 5.15 Å². The average molecular weight is 377 g/mol. The molecular formula is C13H17ClN4O3S2. The first kappa shape index (κ1) is 16.8. The van der Waals surface area contributed by atoms with Crippen molar-refractivity contribution in [2.24, 2.45) is 0 Å². The highest BCUT2D eigenvalue weighted by Gasteiger charge is 2.41. The lowest BCUT2D eigenvalue weighted by atomic mass is 9.92. The second-order valence-electron chi connectivity index (χ2n) is 5.25. The van der Waals surface area contributed by atoms with Crippen molar-refractivity contribution in [1.82, 2.24) is 19.5 Å². The van der Waals surface area contributed by atoms with Crippen LogP contribution in [0.1, 0.15) is 24.8 Å². The van der Waals surface area contributed by atoms with Gasteiger partial charge in [0.1, 0.15) is 15.1 Å². The Morgan fingerprint density at radius 2 is 2.22 bits per heavy atom. The Hall–Kier alpha value is -1.00. The average Bonchev–Trinajstić information content (AvgIpc) is 3.17. The number of aryl methyl sites for hydroxylation is 1. The van der Waals surface area contributed by atoms with E-state index in [4.69, 9.17) is 16.3 Å². The fourth-order valence-corrected chi connectivity index (χ4v) is 5.48. The van der Waals surface area contributed by atoms with Crippen LogP contribution >= 0.6 is 22.9 Å². The molecule has 7 nitrogen and oxygen atoms in total. The lowest BCUT2D eigenvalue weighted by Crippen LogP contribution is -2.49. The molecular weight excluding hydrogens is 360 g/mol. The number of nitrogens with one attached hydrogen (secondary N) is 1. The molecule has 126 valence electrons.